The van der Waals surface area contributed by atoms with Crippen molar-refractivity contribution in [3.05, 3.63) is 0 Å². The number of carbonyl (C=O) groups is 1. The van der Waals surface area contributed by atoms with Crippen molar-refractivity contribution in [1.29, 1.82) is 0 Å². The molecule has 0 N–H and O–H groups in total. The molecule has 0 aromatic rings. The van der Waals surface area contributed by atoms with Crippen LogP contribution in [0.5, 0.6) is 0 Å². The molecule has 0 aromatic carbocycles. The first-order valence-corrected chi connectivity index (χ1v) is 14.3. The first kappa shape index (κ1) is 17.6. The normalized spacial score (nSPS) is 44.2. The fourth-order valence-electron chi connectivity index (χ4n) is 6.19. The third kappa shape index (κ3) is 3.15. The van der Waals surface area contributed by atoms with E-state index < -0.39 is 19.8 Å². The zero-order valence-corrected chi connectivity index (χ0v) is 17.9. The van der Waals surface area contributed by atoms with E-state index in [1.165, 1.54) is 32.1 Å². The number of hydrogen-bond donors (Lipinski definition) is 0. The fraction of sp³-hybridized carbons (Fsp3) is 0.950. The molecule has 24 heavy (non-hydrogen) atoms. The molecule has 1 aliphatic heterocycles. The van der Waals surface area contributed by atoms with Crippen molar-refractivity contribution in [3.63, 3.8) is 0 Å². The van der Waals surface area contributed by atoms with Gasteiger partial charge in [0.2, 0.25) is 0 Å². The summed E-state index contributed by atoms with van der Waals surface area (Å²) in [6.45, 7) is 7.67. The molecule has 5 fully saturated rings. The molecule has 0 aromatic heterocycles. The van der Waals surface area contributed by atoms with Crippen LogP contribution in [0.1, 0.15) is 59.3 Å². The number of hydrogen-bond acceptors (Lipinski definition) is 3. The van der Waals surface area contributed by atoms with Gasteiger partial charge in [-0.25, -0.2) is 0 Å². The van der Waals surface area contributed by atoms with E-state index in [1.807, 2.05) is 0 Å². The Morgan fingerprint density at radius 3 is 2.29 bits per heavy atom. The van der Waals surface area contributed by atoms with E-state index in [2.05, 4.69) is 25.7 Å². The molecule has 4 heteroatoms. The van der Waals surface area contributed by atoms with Gasteiger partial charge in [-0.05, 0) is 0 Å². The van der Waals surface area contributed by atoms with Crippen molar-refractivity contribution in [2.24, 2.45) is 28.6 Å². The molecular formula is C20H33IO3. The Morgan fingerprint density at radius 1 is 1.17 bits per heavy atom. The van der Waals surface area contributed by atoms with Crippen LogP contribution >= 0.6 is 19.8 Å². The van der Waals surface area contributed by atoms with Crippen LogP contribution in [-0.2, 0) is 14.3 Å². The molecule has 1 heterocycles. The van der Waals surface area contributed by atoms with Crippen molar-refractivity contribution in [2.45, 2.75) is 62.7 Å². The molecule has 4 aliphatic carbocycles. The van der Waals surface area contributed by atoms with E-state index in [1.54, 1.807) is 0 Å². The minimum absolute atomic E-state index is 0.0402. The van der Waals surface area contributed by atoms with Crippen molar-refractivity contribution in [3.8, 4) is 0 Å². The molecule has 4 saturated carbocycles. The van der Waals surface area contributed by atoms with Crippen LogP contribution < -0.4 is 0 Å². The summed E-state index contributed by atoms with van der Waals surface area (Å²) in [5.41, 5.74) is 0.623. The summed E-state index contributed by atoms with van der Waals surface area (Å²) in [7, 11) is 0. The van der Waals surface area contributed by atoms with E-state index in [-0.39, 0.29) is 21.6 Å². The topological polar surface area (TPSA) is 35.5 Å². The summed E-state index contributed by atoms with van der Waals surface area (Å²) in [5.74, 6) is 2.95. The van der Waals surface area contributed by atoms with Gasteiger partial charge in [-0.3, -0.25) is 0 Å². The van der Waals surface area contributed by atoms with Crippen LogP contribution in [0.3, 0.4) is 0 Å². The SMILES string of the molecule is CI1CC1(CC(C)(C)C)C(=O)OCOCC12CC3CC(C1)C(C3)C2. The Labute approximate surface area is 154 Å². The third-order valence-corrected chi connectivity index (χ3v) is 13.1. The maximum atomic E-state index is 12.6. The van der Waals surface area contributed by atoms with Crippen molar-refractivity contribution in [1.82, 2.24) is 0 Å². The van der Waals surface area contributed by atoms with E-state index in [4.69, 9.17) is 9.47 Å². The summed E-state index contributed by atoms with van der Waals surface area (Å²) in [6, 6.07) is 0. The van der Waals surface area contributed by atoms with Crippen LogP contribution in [-0.4, -0.2) is 32.1 Å². The predicted octanol–water partition coefficient (Wildman–Crippen LogP) is 4.65. The van der Waals surface area contributed by atoms with Crippen molar-refractivity contribution in [2.75, 3.05) is 22.8 Å². The van der Waals surface area contributed by atoms with Gasteiger partial charge < -0.3 is 0 Å². The summed E-state index contributed by atoms with van der Waals surface area (Å²) < 4.78 is 12.5. The molecule has 0 radical (unpaired) electrons. The second-order valence-corrected chi connectivity index (χ2v) is 16.5. The molecule has 1 saturated heterocycles. The standard InChI is InChI=1S/C20H33IO3/c1-18(2,3)10-20(11-21(20)4)17(22)24-13-23-12-19-7-14-5-15(8-19)16(6-14)9-19/h14-16H,5-13H2,1-4H3. The first-order chi connectivity index (χ1) is 11.2. The molecule has 138 valence electrons. The summed E-state index contributed by atoms with van der Waals surface area (Å²) in [6.07, 6.45) is 8.00. The van der Waals surface area contributed by atoms with Crippen LogP contribution in [0, 0.1) is 28.6 Å². The molecule has 3 unspecified atom stereocenters. The van der Waals surface area contributed by atoms with Gasteiger partial charge in [0.1, 0.15) is 0 Å². The maximum absolute atomic E-state index is 12.6. The zero-order chi connectivity index (χ0) is 17.2. The van der Waals surface area contributed by atoms with E-state index in [0.29, 0.717) is 5.41 Å². The van der Waals surface area contributed by atoms with Crippen LogP contribution in [0.15, 0.2) is 0 Å². The number of ether oxygens (including phenoxy) is 2. The van der Waals surface area contributed by atoms with Crippen molar-refractivity contribution >= 4 is 25.8 Å². The number of rotatable bonds is 6. The zero-order valence-electron chi connectivity index (χ0n) is 15.7. The third-order valence-electron chi connectivity index (χ3n) is 6.86. The summed E-state index contributed by atoms with van der Waals surface area (Å²) in [5, 5.41) is 0. The Morgan fingerprint density at radius 2 is 1.79 bits per heavy atom. The fourth-order valence-corrected chi connectivity index (χ4v) is 13.1. The first-order valence-electron chi connectivity index (χ1n) is 9.52. The van der Waals surface area contributed by atoms with E-state index >= 15 is 0 Å². The van der Waals surface area contributed by atoms with Gasteiger partial charge in [0, 0.05) is 0 Å². The second kappa shape index (κ2) is 5.83. The van der Waals surface area contributed by atoms with Gasteiger partial charge in [0.25, 0.3) is 0 Å². The Kier molecular flexibility index (Phi) is 4.27. The average molecular weight is 448 g/mol. The number of esters is 1. The molecule has 4 bridgehead atoms. The van der Waals surface area contributed by atoms with Gasteiger partial charge in [0.15, 0.2) is 0 Å². The Bertz CT molecular complexity index is 506. The summed E-state index contributed by atoms with van der Waals surface area (Å²) >= 11 is -1.10. The Hall–Kier alpha value is 0.160. The second-order valence-electron chi connectivity index (χ2n) is 10.3. The minimum atomic E-state index is -1.10. The van der Waals surface area contributed by atoms with Crippen LogP contribution in [0.2, 0.25) is 0 Å². The molecular weight excluding hydrogens is 415 g/mol. The molecule has 3 nitrogen and oxygen atoms in total. The molecule has 3 atom stereocenters. The molecule has 0 spiro atoms. The van der Waals surface area contributed by atoms with Gasteiger partial charge in [-0.1, -0.05) is 0 Å². The quantitative estimate of drug-likeness (QED) is 0.195. The molecule has 5 rings (SSSR count). The van der Waals surface area contributed by atoms with E-state index in [9.17, 15) is 4.79 Å². The van der Waals surface area contributed by atoms with Crippen LogP contribution in [0.25, 0.3) is 0 Å². The van der Waals surface area contributed by atoms with Gasteiger partial charge in [-0.15, -0.1) is 0 Å². The number of carbonyl (C=O) groups excluding carboxylic acids is 1. The predicted molar refractivity (Wildman–Crippen MR) is 105 cm³/mol. The molecule has 0 amide bonds. The average Bonchev–Trinajstić information content (AvgIpc) is 2.91. The Balaban J connectivity index is 1.24. The van der Waals surface area contributed by atoms with Crippen molar-refractivity contribution < 1.29 is 14.3 Å². The number of halogens is 1. The molecule has 5 aliphatic rings. The van der Waals surface area contributed by atoms with E-state index in [0.717, 1.165) is 35.2 Å². The summed E-state index contributed by atoms with van der Waals surface area (Å²) in [4.78, 5) is 14.9. The monoisotopic (exact) mass is 448 g/mol. The van der Waals surface area contributed by atoms with Gasteiger partial charge >= 0.3 is 154 Å². The van der Waals surface area contributed by atoms with Gasteiger partial charge in [0.05, 0.1) is 0 Å². The van der Waals surface area contributed by atoms with Gasteiger partial charge in [-0.2, -0.15) is 0 Å². The number of alkyl halides is 3. The van der Waals surface area contributed by atoms with Crippen LogP contribution in [0.4, 0.5) is 0 Å².